The van der Waals surface area contributed by atoms with Crippen LogP contribution in [0.1, 0.15) is 33.1 Å². The van der Waals surface area contributed by atoms with E-state index in [1.165, 1.54) is 0 Å². The minimum atomic E-state index is -0.306. The highest BCUT2D eigenvalue weighted by atomic mass is 16.3. The van der Waals surface area contributed by atoms with E-state index in [1.807, 2.05) is 0 Å². The molecule has 0 heterocycles. The number of aliphatic hydroxyl groups excluding tert-OH is 4. The largest absolute Gasteiger partial charge is 0.396 e. The molecule has 0 saturated heterocycles. The molecule has 0 atom stereocenters. The van der Waals surface area contributed by atoms with Crippen LogP contribution in [0.2, 0.25) is 0 Å². The monoisotopic (exact) mass is 208 g/mol. The van der Waals surface area contributed by atoms with Crippen molar-refractivity contribution in [3.8, 4) is 0 Å². The first-order valence-corrected chi connectivity index (χ1v) is 4.97. The molecule has 0 aliphatic heterocycles. The summed E-state index contributed by atoms with van der Waals surface area (Å²) < 4.78 is 0. The maximum atomic E-state index is 8.43. The second-order valence-corrected chi connectivity index (χ2v) is 3.99. The van der Waals surface area contributed by atoms with Crippen LogP contribution in [0.3, 0.4) is 0 Å². The van der Waals surface area contributed by atoms with Crippen molar-refractivity contribution in [2.24, 2.45) is 5.41 Å². The van der Waals surface area contributed by atoms with E-state index in [9.17, 15) is 0 Å². The highest BCUT2D eigenvalue weighted by molar-refractivity contribution is 4.62. The molecular weight excluding hydrogens is 184 g/mol. The summed E-state index contributed by atoms with van der Waals surface area (Å²) in [7, 11) is 0. The molecule has 0 amide bonds. The predicted octanol–water partition coefficient (Wildman–Crippen LogP) is 0.138. The van der Waals surface area contributed by atoms with Gasteiger partial charge in [0.25, 0.3) is 0 Å². The Labute approximate surface area is 86.2 Å². The Hall–Kier alpha value is -0.160. The van der Waals surface area contributed by atoms with Crippen LogP contribution >= 0.6 is 0 Å². The molecule has 0 aromatic heterocycles. The lowest BCUT2D eigenvalue weighted by Crippen LogP contribution is -2.20. The Kier molecular flexibility index (Phi) is 12.7. The van der Waals surface area contributed by atoms with E-state index < -0.39 is 0 Å². The van der Waals surface area contributed by atoms with Crippen LogP contribution in [0.15, 0.2) is 0 Å². The molecule has 4 N–H and O–H groups in total. The van der Waals surface area contributed by atoms with Crippen molar-refractivity contribution in [1.82, 2.24) is 0 Å². The SMILES string of the molecule is CC(C)(CO)CO.OCCCCCO. The van der Waals surface area contributed by atoms with Crippen molar-refractivity contribution in [3.63, 3.8) is 0 Å². The average molecular weight is 208 g/mol. The van der Waals surface area contributed by atoms with E-state index in [0.717, 1.165) is 19.3 Å². The van der Waals surface area contributed by atoms with Crippen molar-refractivity contribution in [2.45, 2.75) is 33.1 Å². The molecule has 0 aromatic carbocycles. The standard InChI is InChI=1S/2C5H12O2/c1-5(2,3-6)4-7;6-4-2-1-3-5-7/h6-7H,3-4H2,1-2H3;6-7H,1-5H2. The van der Waals surface area contributed by atoms with Crippen LogP contribution in [0, 0.1) is 5.41 Å². The average Bonchev–Trinajstić information content (AvgIpc) is 2.20. The Morgan fingerprint density at radius 3 is 1.21 bits per heavy atom. The van der Waals surface area contributed by atoms with Gasteiger partial charge in [-0.05, 0) is 19.3 Å². The normalized spacial score (nSPS) is 10.7. The van der Waals surface area contributed by atoms with Gasteiger partial charge >= 0.3 is 0 Å². The predicted molar refractivity (Wildman–Crippen MR) is 56.0 cm³/mol. The third kappa shape index (κ3) is 14.4. The zero-order valence-electron chi connectivity index (χ0n) is 9.24. The molecule has 0 bridgehead atoms. The smallest absolute Gasteiger partial charge is 0.0504 e. The molecule has 0 fully saturated rings. The molecule has 88 valence electrons. The Morgan fingerprint density at radius 1 is 0.714 bits per heavy atom. The topological polar surface area (TPSA) is 80.9 Å². The number of unbranched alkanes of at least 4 members (excludes halogenated alkanes) is 2. The lowest BCUT2D eigenvalue weighted by atomic mass is 9.97. The van der Waals surface area contributed by atoms with Gasteiger partial charge in [-0.1, -0.05) is 13.8 Å². The van der Waals surface area contributed by atoms with Crippen LogP contribution in [0.4, 0.5) is 0 Å². The fourth-order valence-electron chi connectivity index (χ4n) is 0.450. The fraction of sp³-hybridized carbons (Fsp3) is 1.00. The third-order valence-electron chi connectivity index (χ3n) is 1.67. The molecule has 0 unspecified atom stereocenters. The van der Waals surface area contributed by atoms with Gasteiger partial charge < -0.3 is 20.4 Å². The second kappa shape index (κ2) is 10.9. The molecule has 0 rings (SSSR count). The zero-order chi connectivity index (χ0) is 11.4. The summed E-state index contributed by atoms with van der Waals surface area (Å²) >= 11 is 0. The summed E-state index contributed by atoms with van der Waals surface area (Å²) in [6, 6.07) is 0. The molecule has 0 aromatic rings. The van der Waals surface area contributed by atoms with Gasteiger partial charge in [0, 0.05) is 18.6 Å². The van der Waals surface area contributed by atoms with Gasteiger partial charge in [-0.15, -0.1) is 0 Å². The molecule has 4 nitrogen and oxygen atoms in total. The van der Waals surface area contributed by atoms with Gasteiger partial charge in [0.2, 0.25) is 0 Å². The van der Waals surface area contributed by atoms with Crippen molar-refractivity contribution in [1.29, 1.82) is 0 Å². The van der Waals surface area contributed by atoms with E-state index in [4.69, 9.17) is 20.4 Å². The van der Waals surface area contributed by atoms with Gasteiger partial charge in [0.1, 0.15) is 0 Å². The summed E-state index contributed by atoms with van der Waals surface area (Å²) in [4.78, 5) is 0. The second-order valence-electron chi connectivity index (χ2n) is 3.99. The summed E-state index contributed by atoms with van der Waals surface area (Å²) in [5.41, 5.74) is -0.306. The van der Waals surface area contributed by atoms with Gasteiger partial charge in [-0.25, -0.2) is 0 Å². The highest BCUT2D eigenvalue weighted by Gasteiger charge is 2.13. The van der Waals surface area contributed by atoms with Gasteiger partial charge in [-0.3, -0.25) is 0 Å². The van der Waals surface area contributed by atoms with Crippen molar-refractivity contribution >= 4 is 0 Å². The molecule has 0 aliphatic carbocycles. The maximum absolute atomic E-state index is 8.43. The first kappa shape index (κ1) is 16.3. The Balaban J connectivity index is 0. The number of aliphatic hydroxyl groups is 4. The summed E-state index contributed by atoms with van der Waals surface area (Å²) in [6.45, 7) is 4.19. The molecule has 14 heavy (non-hydrogen) atoms. The molecule has 0 radical (unpaired) electrons. The molecule has 4 heteroatoms. The Bertz CT molecular complexity index is 94.3. The van der Waals surface area contributed by atoms with Crippen LogP contribution in [0.25, 0.3) is 0 Å². The van der Waals surface area contributed by atoms with Gasteiger partial charge in [-0.2, -0.15) is 0 Å². The number of hydrogen-bond acceptors (Lipinski definition) is 4. The Morgan fingerprint density at radius 2 is 1.07 bits per heavy atom. The minimum absolute atomic E-state index is 0.0451. The lowest BCUT2D eigenvalue weighted by molar-refractivity contribution is 0.0857. The van der Waals surface area contributed by atoms with Crippen LogP contribution in [0.5, 0.6) is 0 Å². The number of hydrogen-bond donors (Lipinski definition) is 4. The van der Waals surface area contributed by atoms with Crippen LogP contribution < -0.4 is 0 Å². The molecule has 0 aliphatic rings. The van der Waals surface area contributed by atoms with Crippen molar-refractivity contribution in [3.05, 3.63) is 0 Å². The van der Waals surface area contributed by atoms with Crippen LogP contribution in [-0.4, -0.2) is 46.9 Å². The maximum Gasteiger partial charge on any atom is 0.0504 e. The molecule has 0 spiro atoms. The van der Waals surface area contributed by atoms with E-state index in [1.54, 1.807) is 13.8 Å². The quantitative estimate of drug-likeness (QED) is 0.468. The van der Waals surface area contributed by atoms with Crippen LogP contribution in [-0.2, 0) is 0 Å². The first-order valence-electron chi connectivity index (χ1n) is 4.97. The summed E-state index contributed by atoms with van der Waals surface area (Å²) in [5.74, 6) is 0. The van der Waals surface area contributed by atoms with E-state index in [-0.39, 0.29) is 31.8 Å². The zero-order valence-corrected chi connectivity index (χ0v) is 9.24. The molecule has 0 saturated carbocycles. The molecular formula is C10H24O4. The van der Waals surface area contributed by atoms with E-state index >= 15 is 0 Å². The lowest BCUT2D eigenvalue weighted by Gasteiger charge is -2.16. The summed E-state index contributed by atoms with van der Waals surface area (Å²) in [5, 5.41) is 33.3. The fourth-order valence-corrected chi connectivity index (χ4v) is 0.450. The van der Waals surface area contributed by atoms with Gasteiger partial charge in [0.15, 0.2) is 0 Å². The minimum Gasteiger partial charge on any atom is -0.396 e. The van der Waals surface area contributed by atoms with Gasteiger partial charge in [0.05, 0.1) is 13.2 Å². The summed E-state index contributed by atoms with van der Waals surface area (Å²) in [6.07, 6.45) is 2.58. The first-order chi connectivity index (χ1) is 6.54. The number of rotatable bonds is 6. The highest BCUT2D eigenvalue weighted by Crippen LogP contribution is 2.10. The van der Waals surface area contributed by atoms with E-state index in [2.05, 4.69) is 0 Å². The van der Waals surface area contributed by atoms with Crippen molar-refractivity contribution < 1.29 is 20.4 Å². The van der Waals surface area contributed by atoms with E-state index in [0.29, 0.717) is 0 Å². The van der Waals surface area contributed by atoms with Crippen molar-refractivity contribution in [2.75, 3.05) is 26.4 Å². The third-order valence-corrected chi connectivity index (χ3v) is 1.67.